The van der Waals surface area contributed by atoms with E-state index >= 15 is 0 Å². The second kappa shape index (κ2) is 6.45. The first-order valence-corrected chi connectivity index (χ1v) is 6.69. The van der Waals surface area contributed by atoms with E-state index in [0.29, 0.717) is 11.4 Å². The van der Waals surface area contributed by atoms with E-state index in [1.807, 2.05) is 0 Å². The van der Waals surface area contributed by atoms with E-state index in [-0.39, 0.29) is 17.9 Å². The summed E-state index contributed by atoms with van der Waals surface area (Å²) < 4.78 is 15.5. The maximum Gasteiger partial charge on any atom is 0.373 e. The number of anilines is 1. The molecule has 0 atom stereocenters. The molecule has 0 bridgehead atoms. The van der Waals surface area contributed by atoms with Crippen molar-refractivity contribution in [1.82, 2.24) is 0 Å². The van der Waals surface area contributed by atoms with Crippen LogP contribution < -0.4 is 5.73 Å². The van der Waals surface area contributed by atoms with Crippen molar-refractivity contribution < 1.29 is 23.5 Å². The minimum absolute atomic E-state index is 0.0468. The lowest BCUT2D eigenvalue weighted by Crippen LogP contribution is -2.08. The third-order valence-electron chi connectivity index (χ3n) is 2.63. The normalized spacial score (nSPS) is 10.2. The summed E-state index contributed by atoms with van der Waals surface area (Å²) in [5, 5.41) is 0. The number of benzene rings is 1. The van der Waals surface area contributed by atoms with Crippen molar-refractivity contribution in [3.8, 4) is 0 Å². The highest BCUT2D eigenvalue weighted by Crippen LogP contribution is 2.20. The number of methoxy groups -OCH3 is 1. The number of carbonyl (C=O) groups excluding carboxylic acids is 2. The molecule has 0 aliphatic heterocycles. The summed E-state index contributed by atoms with van der Waals surface area (Å²) in [6, 6.07) is 7.87. The second-order valence-electron chi connectivity index (χ2n) is 4.07. The number of rotatable bonds is 4. The third kappa shape index (κ3) is 3.63. The molecule has 1 aromatic carbocycles. The minimum Gasteiger partial charge on any atom is -0.463 e. The summed E-state index contributed by atoms with van der Waals surface area (Å²) in [5.41, 5.74) is 6.29. The van der Waals surface area contributed by atoms with E-state index in [1.54, 1.807) is 18.2 Å². The number of furan rings is 1. The van der Waals surface area contributed by atoms with Gasteiger partial charge in [0.15, 0.2) is 0 Å². The molecule has 0 fully saturated rings. The largest absolute Gasteiger partial charge is 0.463 e. The molecule has 2 aromatic rings. The van der Waals surface area contributed by atoms with Crippen LogP contribution in [0.2, 0.25) is 0 Å². The predicted octanol–water partition coefficient (Wildman–Crippen LogP) is 2.77. The van der Waals surface area contributed by atoms with E-state index in [2.05, 4.69) is 20.7 Å². The number of nitrogens with two attached hydrogens (primary N) is 1. The van der Waals surface area contributed by atoms with Gasteiger partial charge in [-0.3, -0.25) is 0 Å². The average molecular weight is 354 g/mol. The summed E-state index contributed by atoms with van der Waals surface area (Å²) >= 11 is 3.25. The maximum absolute atomic E-state index is 11.9. The van der Waals surface area contributed by atoms with Crippen LogP contribution in [0.15, 0.2) is 39.2 Å². The molecular weight excluding hydrogens is 342 g/mol. The van der Waals surface area contributed by atoms with Gasteiger partial charge in [0.1, 0.15) is 12.4 Å². The van der Waals surface area contributed by atoms with Crippen LogP contribution in [0.25, 0.3) is 0 Å². The molecule has 7 heteroatoms. The molecular formula is C14H12BrNO5. The van der Waals surface area contributed by atoms with Gasteiger partial charge in [0.2, 0.25) is 5.76 Å². The Balaban J connectivity index is 2.02. The van der Waals surface area contributed by atoms with Crippen LogP contribution in [-0.4, -0.2) is 19.0 Å². The van der Waals surface area contributed by atoms with Gasteiger partial charge >= 0.3 is 11.9 Å². The summed E-state index contributed by atoms with van der Waals surface area (Å²) in [6.45, 7) is -0.109. The van der Waals surface area contributed by atoms with Crippen molar-refractivity contribution in [3.05, 3.63) is 51.9 Å². The number of hydrogen-bond acceptors (Lipinski definition) is 6. The first-order valence-electron chi connectivity index (χ1n) is 5.90. The van der Waals surface area contributed by atoms with Crippen LogP contribution in [0.4, 0.5) is 5.69 Å². The van der Waals surface area contributed by atoms with Crippen LogP contribution in [-0.2, 0) is 16.1 Å². The molecule has 1 aromatic heterocycles. The zero-order valence-corrected chi connectivity index (χ0v) is 12.7. The second-order valence-corrected chi connectivity index (χ2v) is 4.98. The Morgan fingerprint density at radius 2 is 2.00 bits per heavy atom. The first-order chi connectivity index (χ1) is 10.0. The molecule has 0 radical (unpaired) electrons. The summed E-state index contributed by atoms with van der Waals surface area (Å²) in [6.07, 6.45) is 0. The van der Waals surface area contributed by atoms with Gasteiger partial charge in [0, 0.05) is 10.2 Å². The van der Waals surface area contributed by atoms with E-state index < -0.39 is 11.9 Å². The highest BCUT2D eigenvalue weighted by atomic mass is 79.9. The Morgan fingerprint density at radius 3 is 2.71 bits per heavy atom. The Hall–Kier alpha value is -2.28. The highest BCUT2D eigenvalue weighted by molar-refractivity contribution is 9.10. The number of nitrogen functional groups attached to an aromatic ring is 1. The quantitative estimate of drug-likeness (QED) is 0.671. The van der Waals surface area contributed by atoms with E-state index in [1.165, 1.54) is 19.2 Å². The summed E-state index contributed by atoms with van der Waals surface area (Å²) in [5.74, 6) is -0.795. The Kier molecular flexibility index (Phi) is 4.64. The SMILES string of the molecule is COC(=O)c1ccc(COC(=O)c2cc(Br)ccc2N)o1. The molecule has 0 amide bonds. The molecule has 0 spiro atoms. The van der Waals surface area contributed by atoms with Gasteiger partial charge in [-0.05, 0) is 30.3 Å². The van der Waals surface area contributed by atoms with Crippen molar-refractivity contribution in [2.45, 2.75) is 6.61 Å². The number of ether oxygens (including phenoxy) is 2. The van der Waals surface area contributed by atoms with Gasteiger partial charge in [-0.15, -0.1) is 0 Å². The van der Waals surface area contributed by atoms with Crippen LogP contribution in [0.3, 0.4) is 0 Å². The molecule has 0 saturated heterocycles. The molecule has 0 saturated carbocycles. The predicted molar refractivity (Wildman–Crippen MR) is 77.7 cm³/mol. The van der Waals surface area contributed by atoms with Crippen molar-refractivity contribution in [2.75, 3.05) is 12.8 Å². The van der Waals surface area contributed by atoms with Crippen LogP contribution in [0.1, 0.15) is 26.7 Å². The molecule has 110 valence electrons. The van der Waals surface area contributed by atoms with Crippen molar-refractivity contribution in [3.63, 3.8) is 0 Å². The van der Waals surface area contributed by atoms with Gasteiger partial charge in [0.25, 0.3) is 0 Å². The van der Waals surface area contributed by atoms with Crippen molar-refractivity contribution in [1.29, 1.82) is 0 Å². The lowest BCUT2D eigenvalue weighted by atomic mass is 10.2. The molecule has 1 heterocycles. The number of carbonyl (C=O) groups is 2. The lowest BCUT2D eigenvalue weighted by molar-refractivity contribution is 0.0439. The standard InChI is InChI=1S/C14H12BrNO5/c1-19-14(18)12-5-3-9(21-12)7-20-13(17)10-6-8(15)2-4-11(10)16/h2-6H,7,16H2,1H3. The molecule has 0 aliphatic carbocycles. The molecule has 2 N–H and O–H groups in total. The van der Waals surface area contributed by atoms with E-state index in [4.69, 9.17) is 14.9 Å². The van der Waals surface area contributed by atoms with Crippen LogP contribution in [0, 0.1) is 0 Å². The molecule has 6 nitrogen and oxygen atoms in total. The Morgan fingerprint density at radius 1 is 1.24 bits per heavy atom. The number of esters is 2. The highest BCUT2D eigenvalue weighted by Gasteiger charge is 2.15. The smallest absolute Gasteiger partial charge is 0.373 e. The number of hydrogen-bond donors (Lipinski definition) is 1. The Labute approximate surface area is 129 Å². The van der Waals surface area contributed by atoms with Crippen molar-refractivity contribution >= 4 is 33.6 Å². The minimum atomic E-state index is -0.594. The molecule has 2 rings (SSSR count). The monoisotopic (exact) mass is 353 g/mol. The third-order valence-corrected chi connectivity index (χ3v) is 3.12. The van der Waals surface area contributed by atoms with Gasteiger partial charge < -0.3 is 19.6 Å². The van der Waals surface area contributed by atoms with Gasteiger partial charge in [-0.25, -0.2) is 9.59 Å². The fourth-order valence-corrected chi connectivity index (χ4v) is 1.95. The first kappa shape index (κ1) is 15.1. The van der Waals surface area contributed by atoms with Crippen LogP contribution in [0.5, 0.6) is 0 Å². The summed E-state index contributed by atoms with van der Waals surface area (Å²) in [4.78, 5) is 23.2. The molecule has 0 aliphatic rings. The molecule has 0 unspecified atom stereocenters. The number of halogens is 1. The van der Waals surface area contributed by atoms with Gasteiger partial charge in [-0.1, -0.05) is 15.9 Å². The zero-order chi connectivity index (χ0) is 15.4. The van der Waals surface area contributed by atoms with E-state index in [9.17, 15) is 9.59 Å². The Bertz CT molecular complexity index is 680. The fourth-order valence-electron chi connectivity index (χ4n) is 1.59. The van der Waals surface area contributed by atoms with Crippen molar-refractivity contribution in [2.24, 2.45) is 0 Å². The summed E-state index contributed by atoms with van der Waals surface area (Å²) in [7, 11) is 1.25. The van der Waals surface area contributed by atoms with Gasteiger partial charge in [0.05, 0.1) is 12.7 Å². The topological polar surface area (TPSA) is 91.8 Å². The fraction of sp³-hybridized carbons (Fsp3) is 0.143. The van der Waals surface area contributed by atoms with Crippen LogP contribution >= 0.6 is 15.9 Å². The van der Waals surface area contributed by atoms with E-state index in [0.717, 1.165) is 4.47 Å². The maximum atomic E-state index is 11.9. The zero-order valence-electron chi connectivity index (χ0n) is 11.1. The lowest BCUT2D eigenvalue weighted by Gasteiger charge is -2.06. The average Bonchev–Trinajstić information content (AvgIpc) is 2.95. The molecule has 21 heavy (non-hydrogen) atoms. The van der Waals surface area contributed by atoms with Gasteiger partial charge in [-0.2, -0.15) is 0 Å².